The molecule has 2 heterocycles. The summed E-state index contributed by atoms with van der Waals surface area (Å²) in [5, 5.41) is 7.99. The third-order valence-electron chi connectivity index (χ3n) is 3.34. The van der Waals surface area contributed by atoms with E-state index in [1.165, 1.54) is 24.8 Å². The molecule has 1 aromatic carbocycles. The van der Waals surface area contributed by atoms with Crippen LogP contribution in [0.15, 0.2) is 42.7 Å². The van der Waals surface area contributed by atoms with Crippen molar-refractivity contribution in [3.63, 3.8) is 0 Å². The van der Waals surface area contributed by atoms with E-state index in [4.69, 9.17) is 0 Å². The maximum atomic E-state index is 4.44. The number of hydrogen-bond donors (Lipinski definition) is 1. The average molecular weight is 227 g/mol. The zero-order chi connectivity index (χ0) is 11.5. The Morgan fingerprint density at radius 3 is 2.82 bits per heavy atom. The first kappa shape index (κ1) is 10.5. The van der Waals surface area contributed by atoms with E-state index in [-0.39, 0.29) is 0 Å². The van der Waals surface area contributed by atoms with E-state index in [1.54, 1.807) is 0 Å². The number of nitrogens with zero attached hydrogens (tertiary/aromatic N) is 2. The molecule has 0 amide bonds. The molecule has 1 aliphatic rings. The highest BCUT2D eigenvalue weighted by molar-refractivity contribution is 5.31. The lowest BCUT2D eigenvalue weighted by atomic mass is 10.0. The summed E-state index contributed by atoms with van der Waals surface area (Å²) in [4.78, 5) is 0. The molecule has 0 radical (unpaired) electrons. The molecule has 3 heteroatoms. The van der Waals surface area contributed by atoms with Crippen LogP contribution in [0.3, 0.4) is 0 Å². The number of benzene rings is 1. The molecule has 0 bridgehead atoms. The van der Waals surface area contributed by atoms with Gasteiger partial charge in [-0.2, -0.15) is 5.10 Å². The van der Waals surface area contributed by atoms with Crippen molar-refractivity contribution in [2.24, 2.45) is 0 Å². The van der Waals surface area contributed by atoms with E-state index < -0.39 is 0 Å². The van der Waals surface area contributed by atoms with Crippen molar-refractivity contribution >= 4 is 0 Å². The fourth-order valence-corrected chi connectivity index (χ4v) is 2.37. The van der Waals surface area contributed by atoms with Gasteiger partial charge in [-0.3, -0.25) is 0 Å². The molecule has 1 fully saturated rings. The highest BCUT2D eigenvalue weighted by Crippen LogP contribution is 2.22. The highest BCUT2D eigenvalue weighted by Gasteiger charge is 2.16. The molecule has 1 aromatic heterocycles. The van der Waals surface area contributed by atoms with Crippen molar-refractivity contribution in [3.8, 4) is 5.69 Å². The maximum absolute atomic E-state index is 4.44. The SMILES string of the molecule is c1ccc(-n2cc(C3CCCCN3)cn2)cc1. The molecule has 0 saturated carbocycles. The molecule has 3 rings (SSSR count). The van der Waals surface area contributed by atoms with Crippen LogP contribution in [-0.4, -0.2) is 16.3 Å². The van der Waals surface area contributed by atoms with Crippen LogP contribution in [0.1, 0.15) is 30.9 Å². The van der Waals surface area contributed by atoms with Crippen molar-refractivity contribution in [1.82, 2.24) is 15.1 Å². The van der Waals surface area contributed by atoms with Crippen LogP contribution in [-0.2, 0) is 0 Å². The van der Waals surface area contributed by atoms with E-state index in [0.29, 0.717) is 6.04 Å². The molecule has 1 saturated heterocycles. The summed E-state index contributed by atoms with van der Waals surface area (Å²) in [5.74, 6) is 0. The van der Waals surface area contributed by atoms with Gasteiger partial charge in [0.2, 0.25) is 0 Å². The van der Waals surface area contributed by atoms with Crippen LogP contribution in [0, 0.1) is 0 Å². The van der Waals surface area contributed by atoms with E-state index in [9.17, 15) is 0 Å². The second-order valence-corrected chi connectivity index (χ2v) is 4.56. The van der Waals surface area contributed by atoms with Gasteiger partial charge in [0.05, 0.1) is 11.9 Å². The Morgan fingerprint density at radius 2 is 2.06 bits per heavy atom. The van der Waals surface area contributed by atoms with E-state index in [0.717, 1.165) is 12.2 Å². The van der Waals surface area contributed by atoms with Crippen molar-refractivity contribution in [2.75, 3.05) is 6.54 Å². The first-order valence-electron chi connectivity index (χ1n) is 6.27. The van der Waals surface area contributed by atoms with Crippen molar-refractivity contribution in [3.05, 3.63) is 48.3 Å². The number of piperidine rings is 1. The second-order valence-electron chi connectivity index (χ2n) is 4.56. The van der Waals surface area contributed by atoms with Gasteiger partial charge in [-0.05, 0) is 31.5 Å². The summed E-state index contributed by atoms with van der Waals surface area (Å²) in [6.07, 6.45) is 7.95. The van der Waals surface area contributed by atoms with Gasteiger partial charge in [0.1, 0.15) is 0 Å². The molecule has 88 valence electrons. The van der Waals surface area contributed by atoms with E-state index in [2.05, 4.69) is 28.7 Å². The van der Waals surface area contributed by atoms with Gasteiger partial charge in [0.25, 0.3) is 0 Å². The number of aromatic nitrogens is 2. The van der Waals surface area contributed by atoms with E-state index in [1.807, 2.05) is 29.1 Å². The third-order valence-corrected chi connectivity index (χ3v) is 3.34. The summed E-state index contributed by atoms with van der Waals surface area (Å²) in [6.45, 7) is 1.13. The Hall–Kier alpha value is -1.61. The largest absolute Gasteiger partial charge is 0.310 e. The summed E-state index contributed by atoms with van der Waals surface area (Å²) >= 11 is 0. The van der Waals surface area contributed by atoms with Gasteiger partial charge < -0.3 is 5.32 Å². The van der Waals surface area contributed by atoms with E-state index >= 15 is 0 Å². The van der Waals surface area contributed by atoms with Gasteiger partial charge in [-0.15, -0.1) is 0 Å². The molecular weight excluding hydrogens is 210 g/mol. The smallest absolute Gasteiger partial charge is 0.0645 e. The average Bonchev–Trinajstić information content (AvgIpc) is 2.90. The van der Waals surface area contributed by atoms with Gasteiger partial charge in [-0.1, -0.05) is 24.6 Å². The topological polar surface area (TPSA) is 29.9 Å². The van der Waals surface area contributed by atoms with Crippen molar-refractivity contribution in [2.45, 2.75) is 25.3 Å². The lowest BCUT2D eigenvalue weighted by Crippen LogP contribution is -2.26. The van der Waals surface area contributed by atoms with Crippen molar-refractivity contribution in [1.29, 1.82) is 0 Å². The summed E-state index contributed by atoms with van der Waals surface area (Å²) in [6, 6.07) is 10.7. The fourth-order valence-electron chi connectivity index (χ4n) is 2.37. The van der Waals surface area contributed by atoms with Crippen LogP contribution < -0.4 is 5.32 Å². The molecule has 2 aromatic rings. The Kier molecular flexibility index (Phi) is 2.92. The first-order chi connectivity index (χ1) is 8.43. The monoisotopic (exact) mass is 227 g/mol. The summed E-state index contributed by atoms with van der Waals surface area (Å²) < 4.78 is 1.95. The molecule has 0 aliphatic carbocycles. The lowest BCUT2D eigenvalue weighted by molar-refractivity contribution is 0.412. The Balaban J connectivity index is 1.83. The molecule has 1 atom stereocenters. The lowest BCUT2D eigenvalue weighted by Gasteiger charge is -2.22. The molecule has 1 unspecified atom stereocenters. The number of rotatable bonds is 2. The van der Waals surface area contributed by atoms with Crippen LogP contribution in [0.4, 0.5) is 0 Å². The van der Waals surface area contributed by atoms with Crippen molar-refractivity contribution < 1.29 is 0 Å². The molecule has 1 aliphatic heterocycles. The fraction of sp³-hybridized carbons (Fsp3) is 0.357. The quantitative estimate of drug-likeness (QED) is 0.854. The van der Waals surface area contributed by atoms with Gasteiger partial charge in [0, 0.05) is 17.8 Å². The Labute approximate surface area is 101 Å². The molecule has 0 spiro atoms. The minimum Gasteiger partial charge on any atom is -0.310 e. The minimum absolute atomic E-state index is 0.487. The van der Waals surface area contributed by atoms with Gasteiger partial charge in [0.15, 0.2) is 0 Å². The maximum Gasteiger partial charge on any atom is 0.0645 e. The Bertz CT molecular complexity index is 469. The first-order valence-corrected chi connectivity index (χ1v) is 6.27. The number of para-hydroxylation sites is 1. The predicted octanol–water partition coefficient (Wildman–Crippen LogP) is 2.69. The zero-order valence-corrected chi connectivity index (χ0v) is 9.84. The van der Waals surface area contributed by atoms with Crippen LogP contribution >= 0.6 is 0 Å². The van der Waals surface area contributed by atoms with Crippen LogP contribution in [0.5, 0.6) is 0 Å². The normalized spacial score (nSPS) is 20.4. The predicted molar refractivity (Wildman–Crippen MR) is 68.2 cm³/mol. The number of hydrogen-bond acceptors (Lipinski definition) is 2. The highest BCUT2D eigenvalue weighted by atomic mass is 15.3. The number of nitrogens with one attached hydrogen (secondary N) is 1. The third kappa shape index (κ3) is 2.24. The standard InChI is InChI=1S/C14H17N3/c1-2-6-13(7-3-1)17-11-12(10-16-17)14-8-4-5-9-15-14/h1-3,6-7,10-11,14-15H,4-5,8-9H2. The molecule has 17 heavy (non-hydrogen) atoms. The Morgan fingerprint density at radius 1 is 1.18 bits per heavy atom. The van der Waals surface area contributed by atoms with Crippen LogP contribution in [0.25, 0.3) is 5.69 Å². The zero-order valence-electron chi connectivity index (χ0n) is 9.84. The summed E-state index contributed by atoms with van der Waals surface area (Å²) in [5.41, 5.74) is 2.42. The summed E-state index contributed by atoms with van der Waals surface area (Å²) in [7, 11) is 0. The minimum atomic E-state index is 0.487. The van der Waals surface area contributed by atoms with Crippen LogP contribution in [0.2, 0.25) is 0 Å². The molecule has 1 N–H and O–H groups in total. The van der Waals surface area contributed by atoms with Gasteiger partial charge in [-0.25, -0.2) is 4.68 Å². The molecular formula is C14H17N3. The second kappa shape index (κ2) is 4.72. The van der Waals surface area contributed by atoms with Gasteiger partial charge >= 0.3 is 0 Å². The molecule has 3 nitrogen and oxygen atoms in total.